The number of imide groups is 1. The monoisotopic (exact) mass is 383 g/mol. The van der Waals surface area contributed by atoms with E-state index in [1.54, 1.807) is 12.1 Å². The molecule has 2 aromatic carbocycles. The second kappa shape index (κ2) is 7.80. The Morgan fingerprint density at radius 1 is 1.11 bits per heavy atom. The summed E-state index contributed by atoms with van der Waals surface area (Å²) >= 11 is 0. The van der Waals surface area contributed by atoms with Gasteiger partial charge in [0.1, 0.15) is 17.9 Å². The molecule has 28 heavy (non-hydrogen) atoms. The molecule has 4 amide bonds. The van der Waals surface area contributed by atoms with Crippen molar-refractivity contribution in [2.24, 2.45) is 0 Å². The largest absolute Gasteiger partial charge is 0.325 e. The summed E-state index contributed by atoms with van der Waals surface area (Å²) in [5.41, 5.74) is 0.872. The molecule has 0 spiro atoms. The van der Waals surface area contributed by atoms with Crippen molar-refractivity contribution >= 4 is 23.5 Å². The van der Waals surface area contributed by atoms with Crippen LogP contribution in [0, 0.1) is 5.82 Å². The lowest BCUT2D eigenvalue weighted by Gasteiger charge is -2.22. The Morgan fingerprint density at radius 2 is 1.75 bits per heavy atom. The van der Waals surface area contributed by atoms with Gasteiger partial charge in [-0.1, -0.05) is 37.6 Å². The summed E-state index contributed by atoms with van der Waals surface area (Å²) in [5.74, 6) is -1.47. The molecule has 3 rings (SSSR count). The maximum absolute atomic E-state index is 13.2. The lowest BCUT2D eigenvalue weighted by atomic mass is 9.92. The summed E-state index contributed by atoms with van der Waals surface area (Å²) in [6, 6.07) is 12.1. The van der Waals surface area contributed by atoms with Crippen molar-refractivity contribution in [3.8, 4) is 0 Å². The van der Waals surface area contributed by atoms with Crippen molar-refractivity contribution in [3.63, 3.8) is 0 Å². The van der Waals surface area contributed by atoms with Gasteiger partial charge in [0.2, 0.25) is 5.91 Å². The Hall–Kier alpha value is -3.22. The number of urea groups is 1. The normalized spacial score (nSPS) is 18.9. The molecule has 1 unspecified atom stereocenters. The third kappa shape index (κ3) is 3.88. The van der Waals surface area contributed by atoms with Gasteiger partial charge in [0.05, 0.1) is 0 Å². The Morgan fingerprint density at radius 3 is 2.36 bits per heavy atom. The SMILES string of the molecule is CCCc1ccc(NC(=O)CN2C(=O)NC(C)(c3ccc(F)cc3)C2=O)cc1. The fourth-order valence-corrected chi connectivity index (χ4v) is 3.21. The fraction of sp³-hybridized carbons (Fsp3) is 0.286. The van der Waals surface area contributed by atoms with Gasteiger partial charge in [0.15, 0.2) is 0 Å². The standard InChI is InChI=1S/C21H22FN3O3/c1-3-4-14-5-11-17(12-6-14)23-18(26)13-25-19(27)21(2,24-20(25)28)15-7-9-16(22)10-8-15/h5-12H,3-4,13H2,1-2H3,(H,23,26)(H,24,28). The highest BCUT2D eigenvalue weighted by atomic mass is 19.1. The number of amides is 4. The number of anilines is 1. The van der Waals surface area contributed by atoms with Crippen LogP contribution in [0.4, 0.5) is 14.9 Å². The van der Waals surface area contributed by atoms with Crippen LogP contribution in [0.2, 0.25) is 0 Å². The van der Waals surface area contributed by atoms with E-state index in [1.807, 2.05) is 12.1 Å². The van der Waals surface area contributed by atoms with Crippen molar-refractivity contribution in [3.05, 3.63) is 65.5 Å². The predicted octanol–water partition coefficient (Wildman–Crippen LogP) is 3.18. The molecule has 146 valence electrons. The average molecular weight is 383 g/mol. The quantitative estimate of drug-likeness (QED) is 0.752. The molecule has 0 aromatic heterocycles. The Bertz CT molecular complexity index is 896. The molecule has 1 aliphatic heterocycles. The van der Waals surface area contributed by atoms with E-state index in [9.17, 15) is 18.8 Å². The molecule has 1 aliphatic rings. The van der Waals surface area contributed by atoms with Crippen LogP contribution >= 0.6 is 0 Å². The number of benzene rings is 2. The van der Waals surface area contributed by atoms with Crippen LogP contribution < -0.4 is 10.6 Å². The lowest BCUT2D eigenvalue weighted by Crippen LogP contribution is -2.42. The minimum Gasteiger partial charge on any atom is -0.325 e. The zero-order chi connectivity index (χ0) is 20.3. The summed E-state index contributed by atoms with van der Waals surface area (Å²) in [7, 11) is 0. The maximum atomic E-state index is 13.2. The van der Waals surface area contributed by atoms with E-state index in [1.165, 1.54) is 36.8 Å². The number of carbonyl (C=O) groups is 3. The molecule has 1 fully saturated rings. The Balaban J connectivity index is 1.68. The highest BCUT2D eigenvalue weighted by Crippen LogP contribution is 2.28. The summed E-state index contributed by atoms with van der Waals surface area (Å²) in [6.45, 7) is 3.22. The van der Waals surface area contributed by atoms with E-state index in [0.717, 1.165) is 17.7 Å². The van der Waals surface area contributed by atoms with Crippen LogP contribution in [0.5, 0.6) is 0 Å². The van der Waals surface area contributed by atoms with Gasteiger partial charge >= 0.3 is 6.03 Å². The third-order valence-corrected chi connectivity index (χ3v) is 4.77. The minimum atomic E-state index is -1.34. The number of nitrogens with one attached hydrogen (secondary N) is 2. The third-order valence-electron chi connectivity index (χ3n) is 4.77. The van der Waals surface area contributed by atoms with Crippen molar-refractivity contribution in [2.45, 2.75) is 32.2 Å². The van der Waals surface area contributed by atoms with E-state index in [-0.39, 0.29) is 0 Å². The van der Waals surface area contributed by atoms with Gasteiger partial charge in [-0.2, -0.15) is 0 Å². The van der Waals surface area contributed by atoms with Gasteiger partial charge in [-0.15, -0.1) is 0 Å². The predicted molar refractivity (Wildman–Crippen MR) is 103 cm³/mol. The molecule has 0 bridgehead atoms. The number of hydrogen-bond donors (Lipinski definition) is 2. The van der Waals surface area contributed by atoms with Gasteiger partial charge in [0, 0.05) is 5.69 Å². The van der Waals surface area contributed by atoms with Crippen LogP contribution in [0.15, 0.2) is 48.5 Å². The average Bonchev–Trinajstić information content (AvgIpc) is 2.88. The number of aryl methyl sites for hydroxylation is 1. The smallest absolute Gasteiger partial charge is 0.325 e. The molecule has 0 aliphatic carbocycles. The molecular weight excluding hydrogens is 361 g/mol. The van der Waals surface area contributed by atoms with Crippen molar-refractivity contribution in [2.75, 3.05) is 11.9 Å². The topological polar surface area (TPSA) is 78.5 Å². The Labute approximate surface area is 162 Å². The number of hydrogen-bond acceptors (Lipinski definition) is 3. The van der Waals surface area contributed by atoms with Crippen LogP contribution in [-0.2, 0) is 21.5 Å². The molecule has 2 aromatic rings. The van der Waals surface area contributed by atoms with Crippen LogP contribution in [0.1, 0.15) is 31.4 Å². The maximum Gasteiger partial charge on any atom is 0.325 e. The van der Waals surface area contributed by atoms with E-state index in [4.69, 9.17) is 0 Å². The van der Waals surface area contributed by atoms with Crippen LogP contribution in [-0.4, -0.2) is 29.3 Å². The first-order chi connectivity index (χ1) is 13.3. The van der Waals surface area contributed by atoms with Crippen LogP contribution in [0.3, 0.4) is 0 Å². The first kappa shape index (κ1) is 19.5. The molecular formula is C21H22FN3O3. The number of nitrogens with zero attached hydrogens (tertiary/aromatic N) is 1. The molecule has 0 radical (unpaired) electrons. The zero-order valence-electron chi connectivity index (χ0n) is 15.8. The van der Waals surface area contributed by atoms with Gasteiger partial charge in [0.25, 0.3) is 5.91 Å². The molecule has 1 saturated heterocycles. The minimum absolute atomic E-state index is 0.405. The first-order valence-corrected chi connectivity index (χ1v) is 9.12. The molecule has 7 heteroatoms. The fourth-order valence-electron chi connectivity index (χ4n) is 3.21. The summed E-state index contributed by atoms with van der Waals surface area (Å²) in [4.78, 5) is 38.3. The van der Waals surface area contributed by atoms with Gasteiger partial charge < -0.3 is 10.6 Å². The van der Waals surface area contributed by atoms with E-state index in [0.29, 0.717) is 11.3 Å². The molecule has 6 nitrogen and oxygen atoms in total. The van der Waals surface area contributed by atoms with Crippen molar-refractivity contribution < 1.29 is 18.8 Å². The van der Waals surface area contributed by atoms with E-state index in [2.05, 4.69) is 17.6 Å². The highest BCUT2D eigenvalue weighted by Gasteiger charge is 2.49. The van der Waals surface area contributed by atoms with E-state index >= 15 is 0 Å². The summed E-state index contributed by atoms with van der Waals surface area (Å²) < 4.78 is 13.2. The van der Waals surface area contributed by atoms with Gasteiger partial charge in [-0.05, 0) is 48.7 Å². The second-order valence-corrected chi connectivity index (χ2v) is 6.95. The van der Waals surface area contributed by atoms with Crippen molar-refractivity contribution in [1.82, 2.24) is 10.2 Å². The highest BCUT2D eigenvalue weighted by molar-refractivity contribution is 6.10. The lowest BCUT2D eigenvalue weighted by molar-refractivity contribution is -0.133. The van der Waals surface area contributed by atoms with Crippen molar-refractivity contribution in [1.29, 1.82) is 0 Å². The first-order valence-electron chi connectivity index (χ1n) is 9.12. The molecule has 1 atom stereocenters. The van der Waals surface area contributed by atoms with Gasteiger partial charge in [-0.25, -0.2) is 9.18 Å². The summed E-state index contributed by atoms with van der Waals surface area (Å²) in [5, 5.41) is 5.28. The van der Waals surface area contributed by atoms with Gasteiger partial charge in [-0.3, -0.25) is 14.5 Å². The second-order valence-electron chi connectivity index (χ2n) is 6.95. The zero-order valence-corrected chi connectivity index (χ0v) is 15.8. The number of carbonyl (C=O) groups excluding carboxylic acids is 3. The molecule has 0 saturated carbocycles. The number of halogens is 1. The number of rotatable bonds is 6. The molecule has 2 N–H and O–H groups in total. The molecule has 1 heterocycles. The Kier molecular flexibility index (Phi) is 5.44. The summed E-state index contributed by atoms with van der Waals surface area (Å²) in [6.07, 6.45) is 1.99. The van der Waals surface area contributed by atoms with E-state index < -0.39 is 35.7 Å². The van der Waals surface area contributed by atoms with Crippen LogP contribution in [0.25, 0.3) is 0 Å².